The van der Waals surface area contributed by atoms with E-state index >= 15 is 0 Å². The van der Waals surface area contributed by atoms with Crippen LogP contribution in [-0.2, 0) is 13.1 Å². The van der Waals surface area contributed by atoms with Gasteiger partial charge in [0.1, 0.15) is 5.82 Å². The molecule has 31 heavy (non-hydrogen) atoms. The first-order chi connectivity index (χ1) is 15.1. The van der Waals surface area contributed by atoms with Crippen LogP contribution in [0.4, 0.5) is 5.82 Å². The van der Waals surface area contributed by atoms with Crippen LogP contribution in [0.25, 0.3) is 0 Å². The van der Waals surface area contributed by atoms with Gasteiger partial charge in [-0.05, 0) is 38.4 Å². The topological polar surface area (TPSA) is 81.8 Å². The number of likely N-dealkylation sites (N-methyl/N-ethyl adjacent to an activating group) is 1. The molecule has 8 heteroatoms. The summed E-state index contributed by atoms with van der Waals surface area (Å²) in [6.45, 7) is 12.6. The first kappa shape index (κ1) is 23.1. The number of piperazine rings is 1. The number of aliphatic imine (C=N–C) groups is 1. The van der Waals surface area contributed by atoms with Gasteiger partial charge in [0.2, 0.25) is 0 Å². The monoisotopic (exact) mass is 427 g/mol. The molecule has 1 aliphatic rings. The molecule has 0 aromatic carbocycles. The van der Waals surface area contributed by atoms with Crippen molar-refractivity contribution in [2.24, 2.45) is 4.99 Å². The van der Waals surface area contributed by atoms with Crippen LogP contribution >= 0.6 is 0 Å². The first-order valence-corrected chi connectivity index (χ1v) is 11.5. The van der Waals surface area contributed by atoms with Crippen molar-refractivity contribution in [3.63, 3.8) is 0 Å². The van der Waals surface area contributed by atoms with Gasteiger partial charge in [-0.2, -0.15) is 0 Å². The van der Waals surface area contributed by atoms with Crippen molar-refractivity contribution in [3.05, 3.63) is 41.4 Å². The lowest BCUT2D eigenvalue weighted by molar-refractivity contribution is 0.312. The van der Waals surface area contributed by atoms with Crippen molar-refractivity contribution in [2.75, 3.05) is 44.7 Å². The SMILES string of the molecule is CCNC(=NCc1ccc(N2CCN(C)CC2)nc1)NCc1cc(C(CC)CC)no1. The summed E-state index contributed by atoms with van der Waals surface area (Å²) in [4.78, 5) is 14.0. The van der Waals surface area contributed by atoms with Gasteiger partial charge in [-0.1, -0.05) is 25.1 Å². The maximum atomic E-state index is 5.51. The lowest BCUT2D eigenvalue weighted by Crippen LogP contribution is -2.44. The van der Waals surface area contributed by atoms with Gasteiger partial charge in [-0.15, -0.1) is 0 Å². The molecule has 1 aliphatic heterocycles. The maximum Gasteiger partial charge on any atom is 0.191 e. The van der Waals surface area contributed by atoms with Gasteiger partial charge in [0.05, 0.1) is 18.8 Å². The molecule has 0 aliphatic carbocycles. The average Bonchev–Trinajstić information content (AvgIpc) is 3.26. The van der Waals surface area contributed by atoms with Crippen LogP contribution in [-0.4, -0.2) is 60.8 Å². The zero-order valence-electron chi connectivity index (χ0n) is 19.4. The Balaban J connectivity index is 1.54. The number of hydrogen-bond acceptors (Lipinski definition) is 6. The molecule has 170 valence electrons. The van der Waals surface area contributed by atoms with Crippen molar-refractivity contribution >= 4 is 11.8 Å². The van der Waals surface area contributed by atoms with Gasteiger partial charge in [0.15, 0.2) is 11.7 Å². The molecule has 0 atom stereocenters. The predicted octanol–water partition coefficient (Wildman–Crippen LogP) is 2.98. The predicted molar refractivity (Wildman–Crippen MR) is 125 cm³/mol. The molecule has 0 spiro atoms. The van der Waals surface area contributed by atoms with Crippen LogP contribution in [0.5, 0.6) is 0 Å². The number of aromatic nitrogens is 2. The number of anilines is 1. The van der Waals surface area contributed by atoms with E-state index in [1.807, 2.05) is 6.20 Å². The lowest BCUT2D eigenvalue weighted by Gasteiger charge is -2.33. The Morgan fingerprint density at radius 2 is 1.90 bits per heavy atom. The van der Waals surface area contributed by atoms with Crippen molar-refractivity contribution in [1.29, 1.82) is 0 Å². The summed E-state index contributed by atoms with van der Waals surface area (Å²) in [5.74, 6) is 3.09. The number of nitrogens with zero attached hydrogens (tertiary/aromatic N) is 5. The highest BCUT2D eigenvalue weighted by molar-refractivity contribution is 5.79. The smallest absolute Gasteiger partial charge is 0.191 e. The molecule has 0 radical (unpaired) electrons. The summed E-state index contributed by atoms with van der Waals surface area (Å²) in [5, 5.41) is 10.9. The van der Waals surface area contributed by atoms with E-state index in [0.717, 1.165) is 74.4 Å². The number of pyridine rings is 1. The molecule has 3 rings (SSSR count). The minimum Gasteiger partial charge on any atom is -0.359 e. The Morgan fingerprint density at radius 1 is 1.13 bits per heavy atom. The fourth-order valence-electron chi connectivity index (χ4n) is 3.73. The van der Waals surface area contributed by atoms with Crippen LogP contribution in [0, 0.1) is 0 Å². The summed E-state index contributed by atoms with van der Waals surface area (Å²) in [6.07, 6.45) is 4.07. The third-order valence-corrected chi connectivity index (χ3v) is 5.81. The van der Waals surface area contributed by atoms with Gasteiger partial charge >= 0.3 is 0 Å². The third-order valence-electron chi connectivity index (χ3n) is 5.81. The highest BCUT2D eigenvalue weighted by Crippen LogP contribution is 2.22. The maximum absolute atomic E-state index is 5.51. The molecule has 1 saturated heterocycles. The van der Waals surface area contributed by atoms with E-state index in [4.69, 9.17) is 9.52 Å². The molecule has 0 saturated carbocycles. The van der Waals surface area contributed by atoms with Gasteiger partial charge in [0, 0.05) is 50.9 Å². The van der Waals surface area contributed by atoms with Crippen molar-refractivity contribution in [1.82, 2.24) is 25.7 Å². The van der Waals surface area contributed by atoms with Crippen LogP contribution in [0.3, 0.4) is 0 Å². The molecule has 8 nitrogen and oxygen atoms in total. The third kappa shape index (κ3) is 6.69. The quantitative estimate of drug-likeness (QED) is 0.470. The number of rotatable bonds is 9. The second kappa shape index (κ2) is 11.7. The Kier molecular flexibility index (Phi) is 8.70. The van der Waals surface area contributed by atoms with E-state index < -0.39 is 0 Å². The van der Waals surface area contributed by atoms with Crippen molar-refractivity contribution < 1.29 is 4.52 Å². The fraction of sp³-hybridized carbons (Fsp3) is 0.609. The zero-order chi connectivity index (χ0) is 22.1. The second-order valence-corrected chi connectivity index (χ2v) is 8.10. The zero-order valence-corrected chi connectivity index (χ0v) is 19.4. The highest BCUT2D eigenvalue weighted by Gasteiger charge is 2.15. The highest BCUT2D eigenvalue weighted by atomic mass is 16.5. The summed E-state index contributed by atoms with van der Waals surface area (Å²) in [6, 6.07) is 6.27. The molecule has 0 bridgehead atoms. The van der Waals surface area contributed by atoms with Gasteiger partial charge in [0.25, 0.3) is 0 Å². The second-order valence-electron chi connectivity index (χ2n) is 8.10. The van der Waals surface area contributed by atoms with Gasteiger partial charge in [-0.3, -0.25) is 0 Å². The van der Waals surface area contributed by atoms with Crippen LogP contribution in [0.2, 0.25) is 0 Å². The van der Waals surface area contributed by atoms with E-state index in [2.05, 4.69) is 76.6 Å². The van der Waals surface area contributed by atoms with E-state index in [-0.39, 0.29) is 0 Å². The van der Waals surface area contributed by atoms with Crippen LogP contribution in [0.1, 0.15) is 56.5 Å². The van der Waals surface area contributed by atoms with E-state index in [1.54, 1.807) is 0 Å². The average molecular weight is 428 g/mol. The number of nitrogens with one attached hydrogen (secondary N) is 2. The minimum atomic E-state index is 0.459. The van der Waals surface area contributed by atoms with E-state index in [1.165, 1.54) is 0 Å². The number of guanidine groups is 1. The van der Waals surface area contributed by atoms with Crippen LogP contribution in [0.15, 0.2) is 33.9 Å². The fourth-order valence-corrected chi connectivity index (χ4v) is 3.73. The van der Waals surface area contributed by atoms with Crippen molar-refractivity contribution in [2.45, 2.75) is 52.6 Å². The molecule has 3 heterocycles. The normalized spacial score (nSPS) is 15.5. The summed E-state index contributed by atoms with van der Waals surface area (Å²) < 4.78 is 5.51. The molecule has 0 unspecified atom stereocenters. The van der Waals surface area contributed by atoms with E-state index in [9.17, 15) is 0 Å². The standard InChI is InChI=1S/C23H37N7O/c1-5-19(6-2)21-14-20(31-28-21)17-27-23(24-7-3)26-16-18-8-9-22(25-15-18)30-12-10-29(4)11-13-30/h8-9,14-15,19H,5-7,10-13,16-17H2,1-4H3,(H2,24,26,27). The molecular weight excluding hydrogens is 390 g/mol. The largest absolute Gasteiger partial charge is 0.359 e. The Morgan fingerprint density at radius 3 is 2.55 bits per heavy atom. The number of hydrogen-bond donors (Lipinski definition) is 2. The summed E-state index contributed by atoms with van der Waals surface area (Å²) >= 11 is 0. The molecule has 0 amide bonds. The van der Waals surface area contributed by atoms with Crippen LogP contribution < -0.4 is 15.5 Å². The molecule has 1 fully saturated rings. The lowest BCUT2D eigenvalue weighted by atomic mass is 9.99. The van der Waals surface area contributed by atoms with Gasteiger partial charge < -0.3 is 25.0 Å². The van der Waals surface area contributed by atoms with Crippen molar-refractivity contribution in [3.8, 4) is 0 Å². The Labute approximate surface area is 186 Å². The Hall–Kier alpha value is -2.61. The van der Waals surface area contributed by atoms with E-state index in [0.29, 0.717) is 19.0 Å². The molecular formula is C23H37N7O. The molecule has 2 aromatic rings. The molecule has 2 aromatic heterocycles. The summed E-state index contributed by atoms with van der Waals surface area (Å²) in [7, 11) is 2.16. The Bertz CT molecular complexity index is 806. The first-order valence-electron chi connectivity index (χ1n) is 11.5. The molecule has 2 N–H and O–H groups in total. The summed E-state index contributed by atoms with van der Waals surface area (Å²) in [5.41, 5.74) is 2.13. The van der Waals surface area contributed by atoms with Gasteiger partial charge in [-0.25, -0.2) is 9.98 Å². The minimum absolute atomic E-state index is 0.459.